The Morgan fingerprint density at radius 3 is 2.25 bits per heavy atom. The molecule has 0 aliphatic rings. The molecule has 242 valence electrons. The molecule has 1 unspecified atom stereocenters. The first-order valence-corrected chi connectivity index (χ1v) is 16.8. The van der Waals surface area contributed by atoms with Gasteiger partial charge < -0.3 is 20.7 Å². The van der Waals surface area contributed by atoms with Gasteiger partial charge in [-0.15, -0.1) is 23.1 Å². The quantitative estimate of drug-likeness (QED) is 0.0688. The Balaban J connectivity index is 1.33. The number of nitrogens with zero attached hydrogens (tertiary/aromatic N) is 1. The molecule has 1 heterocycles. The first-order chi connectivity index (χ1) is 23.4. The zero-order valence-corrected chi connectivity index (χ0v) is 27.6. The molecule has 0 aliphatic heterocycles. The third kappa shape index (κ3) is 9.74. The van der Waals surface area contributed by atoms with Gasteiger partial charge in [0.1, 0.15) is 10.9 Å². The first kappa shape index (κ1) is 33.8. The van der Waals surface area contributed by atoms with Crippen molar-refractivity contribution in [2.24, 2.45) is 0 Å². The fourth-order valence-corrected chi connectivity index (χ4v) is 6.31. The molecule has 0 spiro atoms. The minimum atomic E-state index is -0.659. The van der Waals surface area contributed by atoms with E-state index in [9.17, 15) is 19.2 Å². The van der Waals surface area contributed by atoms with Crippen LogP contribution in [0.15, 0.2) is 131 Å². The fourth-order valence-electron chi connectivity index (χ4n) is 4.52. The summed E-state index contributed by atoms with van der Waals surface area (Å²) in [5.74, 6) is -1.60. The van der Waals surface area contributed by atoms with Crippen molar-refractivity contribution in [2.75, 3.05) is 17.2 Å². The zero-order valence-electron chi connectivity index (χ0n) is 25.9. The predicted octanol–water partition coefficient (Wildman–Crippen LogP) is 7.13. The first-order valence-electron chi connectivity index (χ1n) is 15.0. The highest BCUT2D eigenvalue weighted by Crippen LogP contribution is 2.37. The van der Waals surface area contributed by atoms with Gasteiger partial charge in [-0.3, -0.25) is 19.2 Å². The summed E-state index contributed by atoms with van der Waals surface area (Å²) in [6.07, 6.45) is 1.63. The molecule has 0 radical (unpaired) electrons. The molecule has 5 rings (SSSR count). The summed E-state index contributed by atoms with van der Waals surface area (Å²) in [4.78, 5) is 57.1. The molecule has 4 aromatic carbocycles. The molecule has 1 atom stereocenters. The molecule has 11 heteroatoms. The largest absolute Gasteiger partial charge is 0.466 e. The summed E-state index contributed by atoms with van der Waals surface area (Å²) in [6.45, 7) is 2.02. The molecular weight excluding hydrogens is 645 g/mol. The number of anilines is 2. The Labute approximate surface area is 286 Å². The number of rotatable bonds is 13. The van der Waals surface area contributed by atoms with Crippen LogP contribution in [0, 0.1) is 0 Å². The number of esters is 1. The van der Waals surface area contributed by atoms with Gasteiger partial charge in [-0.1, -0.05) is 84.9 Å². The van der Waals surface area contributed by atoms with Crippen LogP contribution >= 0.6 is 23.1 Å². The van der Waals surface area contributed by atoms with Crippen molar-refractivity contribution < 1.29 is 23.9 Å². The number of nitrogens with one attached hydrogen (secondary N) is 3. The van der Waals surface area contributed by atoms with E-state index < -0.39 is 17.1 Å². The molecule has 0 saturated heterocycles. The lowest BCUT2D eigenvalue weighted by atomic mass is 10.1. The van der Waals surface area contributed by atoms with Gasteiger partial charge in [0.2, 0.25) is 5.91 Å². The van der Waals surface area contributed by atoms with Crippen LogP contribution in [0.2, 0.25) is 0 Å². The number of thioether (sulfide) groups is 1. The SMILES string of the molecule is CCOC(=O)Cc1csc(NC(=O)C(Sc2cccc(NC(=O)/C(=C/c3ccccc3)NC(=O)c3ccccc3)c2)c2ccccc2)n1. The van der Waals surface area contributed by atoms with Crippen molar-refractivity contribution >= 4 is 63.7 Å². The van der Waals surface area contributed by atoms with Gasteiger partial charge in [-0.05, 0) is 54.5 Å². The van der Waals surface area contributed by atoms with E-state index in [2.05, 4.69) is 20.9 Å². The van der Waals surface area contributed by atoms with Crippen LogP contribution in [0.1, 0.15) is 39.4 Å². The molecular formula is C37H32N4O5S2. The molecule has 0 saturated carbocycles. The summed E-state index contributed by atoms with van der Waals surface area (Å²) in [7, 11) is 0. The number of carbonyl (C=O) groups excluding carboxylic acids is 4. The van der Waals surface area contributed by atoms with E-state index in [1.165, 1.54) is 23.1 Å². The van der Waals surface area contributed by atoms with Crippen LogP contribution in [0.4, 0.5) is 10.8 Å². The standard InChI is InChI=1S/C37H32N4O5S2/c1-2-46-32(42)23-29-24-47-37(39-29)41-36(45)33(26-15-8-4-9-16-26)48-30-20-12-19-28(22-30)38-35(44)31(21-25-13-6-3-7-14-25)40-34(43)27-17-10-5-11-18-27/h3-22,24,33H,2,23H2,1H3,(H,38,44)(H,40,43)(H,39,41,45)/b31-21-. The molecule has 0 fully saturated rings. The summed E-state index contributed by atoms with van der Waals surface area (Å²) in [5, 5.41) is 9.94. The highest BCUT2D eigenvalue weighted by Gasteiger charge is 2.24. The number of ether oxygens (including phenoxy) is 1. The van der Waals surface area contributed by atoms with Crippen molar-refractivity contribution in [3.63, 3.8) is 0 Å². The highest BCUT2D eigenvalue weighted by atomic mass is 32.2. The molecule has 0 bridgehead atoms. The Morgan fingerprint density at radius 1 is 0.854 bits per heavy atom. The summed E-state index contributed by atoms with van der Waals surface area (Å²) in [6, 6.07) is 34.3. The minimum Gasteiger partial charge on any atom is -0.466 e. The average molecular weight is 677 g/mol. The maximum Gasteiger partial charge on any atom is 0.311 e. The second-order valence-electron chi connectivity index (χ2n) is 10.3. The van der Waals surface area contributed by atoms with Gasteiger partial charge in [0.25, 0.3) is 11.8 Å². The lowest BCUT2D eigenvalue weighted by Gasteiger charge is -2.17. The van der Waals surface area contributed by atoms with Crippen molar-refractivity contribution in [2.45, 2.75) is 23.5 Å². The molecule has 48 heavy (non-hydrogen) atoms. The van der Waals surface area contributed by atoms with Crippen molar-refractivity contribution in [1.29, 1.82) is 0 Å². The average Bonchev–Trinajstić information content (AvgIpc) is 3.54. The lowest BCUT2D eigenvalue weighted by molar-refractivity contribution is -0.142. The van der Waals surface area contributed by atoms with Gasteiger partial charge in [-0.25, -0.2) is 4.98 Å². The number of thiazole rings is 1. The zero-order chi connectivity index (χ0) is 33.7. The third-order valence-electron chi connectivity index (χ3n) is 6.74. The van der Waals surface area contributed by atoms with E-state index in [1.54, 1.807) is 60.8 Å². The maximum absolute atomic E-state index is 13.6. The van der Waals surface area contributed by atoms with Crippen LogP contribution in [-0.2, 0) is 25.5 Å². The Bertz CT molecular complexity index is 1900. The smallest absolute Gasteiger partial charge is 0.311 e. The summed E-state index contributed by atoms with van der Waals surface area (Å²) in [5.41, 5.74) is 3.00. The molecule has 9 nitrogen and oxygen atoms in total. The van der Waals surface area contributed by atoms with Crippen molar-refractivity contribution in [3.05, 3.63) is 149 Å². The number of aromatic nitrogens is 1. The molecule has 3 amide bonds. The normalized spacial score (nSPS) is 11.6. The predicted molar refractivity (Wildman–Crippen MR) is 190 cm³/mol. The maximum atomic E-state index is 13.6. The Kier molecular flexibility index (Phi) is 11.9. The van der Waals surface area contributed by atoms with Gasteiger partial charge >= 0.3 is 5.97 Å². The lowest BCUT2D eigenvalue weighted by Crippen LogP contribution is -2.30. The van der Waals surface area contributed by atoms with Gasteiger partial charge in [-0.2, -0.15) is 0 Å². The second-order valence-corrected chi connectivity index (χ2v) is 12.3. The van der Waals surface area contributed by atoms with Crippen LogP contribution in [-0.4, -0.2) is 35.3 Å². The van der Waals surface area contributed by atoms with Crippen LogP contribution in [0.3, 0.4) is 0 Å². The Morgan fingerprint density at radius 2 is 1.54 bits per heavy atom. The van der Waals surface area contributed by atoms with E-state index in [0.29, 0.717) is 22.1 Å². The number of amides is 3. The summed E-state index contributed by atoms with van der Waals surface area (Å²) < 4.78 is 4.99. The van der Waals surface area contributed by atoms with Gasteiger partial charge in [0, 0.05) is 21.5 Å². The molecule has 1 aromatic heterocycles. The molecule has 0 aliphatic carbocycles. The molecule has 5 aromatic rings. The van der Waals surface area contributed by atoms with E-state index >= 15 is 0 Å². The van der Waals surface area contributed by atoms with E-state index in [1.807, 2.05) is 72.8 Å². The van der Waals surface area contributed by atoms with Crippen molar-refractivity contribution in [1.82, 2.24) is 10.3 Å². The number of hydrogen-bond donors (Lipinski definition) is 3. The topological polar surface area (TPSA) is 126 Å². The highest BCUT2D eigenvalue weighted by molar-refractivity contribution is 8.00. The molecule has 3 N–H and O–H groups in total. The van der Waals surface area contributed by atoms with E-state index in [4.69, 9.17) is 4.74 Å². The van der Waals surface area contributed by atoms with Crippen molar-refractivity contribution in [3.8, 4) is 0 Å². The summed E-state index contributed by atoms with van der Waals surface area (Å²) >= 11 is 2.54. The van der Waals surface area contributed by atoms with Gasteiger partial charge in [0.15, 0.2) is 5.13 Å². The third-order valence-corrected chi connectivity index (χ3v) is 8.79. The van der Waals surface area contributed by atoms with E-state index in [-0.39, 0.29) is 30.6 Å². The van der Waals surface area contributed by atoms with Crippen LogP contribution < -0.4 is 16.0 Å². The monoisotopic (exact) mass is 676 g/mol. The minimum absolute atomic E-state index is 0.0216. The second kappa shape index (κ2) is 16.9. The fraction of sp³-hybridized carbons (Fsp3) is 0.108. The van der Waals surface area contributed by atoms with Gasteiger partial charge in [0.05, 0.1) is 18.7 Å². The number of hydrogen-bond acceptors (Lipinski definition) is 8. The van der Waals surface area contributed by atoms with E-state index in [0.717, 1.165) is 16.0 Å². The number of benzene rings is 4. The van der Waals surface area contributed by atoms with Crippen LogP contribution in [0.5, 0.6) is 0 Å². The number of carbonyl (C=O) groups is 4. The Hall–Kier alpha value is -5.52. The van der Waals surface area contributed by atoms with Crippen LogP contribution in [0.25, 0.3) is 6.08 Å².